The van der Waals surface area contributed by atoms with Crippen molar-refractivity contribution in [1.82, 2.24) is 10.2 Å². The Kier molecular flexibility index (Phi) is 4.66. The molecule has 1 heterocycles. The van der Waals surface area contributed by atoms with Crippen LogP contribution in [-0.4, -0.2) is 29.1 Å². The Morgan fingerprint density at radius 1 is 1.22 bits per heavy atom. The third kappa shape index (κ3) is 2.71. The van der Waals surface area contributed by atoms with Crippen LogP contribution in [0.15, 0.2) is 0 Å². The zero-order valence-corrected chi connectivity index (χ0v) is 12.1. The van der Waals surface area contributed by atoms with Gasteiger partial charge in [0.25, 0.3) is 0 Å². The van der Waals surface area contributed by atoms with Gasteiger partial charge in [0.05, 0.1) is 12.2 Å². The molecular weight excluding hydrogens is 224 g/mol. The molecule has 104 valence electrons. The molecule has 1 aliphatic heterocycles. The standard InChI is InChI=1S/C15H28N2O/c1-4-8-13-15(18)17(12(3)16-13)14-10-7-5-6-9-11(14)2/h11-14,16H,4-10H2,1-3H3. The summed E-state index contributed by atoms with van der Waals surface area (Å²) in [5.74, 6) is 1.00. The number of amides is 1. The topological polar surface area (TPSA) is 32.3 Å². The molecule has 1 aliphatic carbocycles. The summed E-state index contributed by atoms with van der Waals surface area (Å²) in [6.45, 7) is 6.62. The van der Waals surface area contributed by atoms with Gasteiger partial charge in [0, 0.05) is 6.04 Å². The molecule has 0 bridgehead atoms. The lowest BCUT2D eigenvalue weighted by Crippen LogP contribution is -2.46. The summed E-state index contributed by atoms with van der Waals surface area (Å²) >= 11 is 0. The van der Waals surface area contributed by atoms with E-state index in [0.717, 1.165) is 12.8 Å². The third-order valence-electron chi connectivity index (χ3n) is 4.66. The number of carbonyl (C=O) groups is 1. The van der Waals surface area contributed by atoms with Crippen LogP contribution in [0.1, 0.15) is 65.7 Å². The highest BCUT2D eigenvalue weighted by atomic mass is 16.2. The number of nitrogens with zero attached hydrogens (tertiary/aromatic N) is 1. The molecule has 4 unspecified atom stereocenters. The lowest BCUT2D eigenvalue weighted by molar-refractivity contribution is -0.133. The smallest absolute Gasteiger partial charge is 0.241 e. The second kappa shape index (κ2) is 6.05. The van der Waals surface area contributed by atoms with Crippen LogP contribution in [-0.2, 0) is 4.79 Å². The van der Waals surface area contributed by atoms with E-state index < -0.39 is 0 Å². The van der Waals surface area contributed by atoms with Crippen molar-refractivity contribution in [1.29, 1.82) is 0 Å². The van der Waals surface area contributed by atoms with Gasteiger partial charge in [0.2, 0.25) is 5.91 Å². The molecule has 18 heavy (non-hydrogen) atoms. The Labute approximate surface area is 111 Å². The van der Waals surface area contributed by atoms with Crippen molar-refractivity contribution in [3.63, 3.8) is 0 Å². The predicted octanol–water partition coefficient (Wildman–Crippen LogP) is 2.90. The summed E-state index contributed by atoms with van der Waals surface area (Å²) in [5, 5.41) is 3.47. The van der Waals surface area contributed by atoms with E-state index in [1.165, 1.54) is 32.1 Å². The molecule has 0 aromatic carbocycles. The highest BCUT2D eigenvalue weighted by molar-refractivity contribution is 5.84. The first kappa shape index (κ1) is 13.9. The van der Waals surface area contributed by atoms with Crippen LogP contribution in [0.2, 0.25) is 0 Å². The molecular formula is C15H28N2O. The predicted molar refractivity (Wildman–Crippen MR) is 74.2 cm³/mol. The minimum atomic E-state index is 0.0699. The highest BCUT2D eigenvalue weighted by Crippen LogP contribution is 2.30. The van der Waals surface area contributed by atoms with E-state index in [1.807, 2.05) is 0 Å². The molecule has 1 saturated carbocycles. The van der Waals surface area contributed by atoms with Crippen LogP contribution in [0, 0.1) is 5.92 Å². The van der Waals surface area contributed by atoms with E-state index in [0.29, 0.717) is 17.9 Å². The van der Waals surface area contributed by atoms with Crippen molar-refractivity contribution in [2.45, 2.75) is 84.0 Å². The van der Waals surface area contributed by atoms with E-state index in [9.17, 15) is 4.79 Å². The van der Waals surface area contributed by atoms with Crippen molar-refractivity contribution in [2.75, 3.05) is 0 Å². The average Bonchev–Trinajstić information content (AvgIpc) is 2.52. The molecule has 3 nitrogen and oxygen atoms in total. The van der Waals surface area contributed by atoms with Gasteiger partial charge in [0.15, 0.2) is 0 Å². The van der Waals surface area contributed by atoms with E-state index in [-0.39, 0.29) is 12.2 Å². The molecule has 2 fully saturated rings. The SMILES string of the molecule is CCCC1NC(C)N(C2CCCCCC2C)C1=O. The second-order valence-electron chi connectivity index (χ2n) is 6.11. The zero-order valence-electron chi connectivity index (χ0n) is 12.1. The van der Waals surface area contributed by atoms with Crippen molar-refractivity contribution >= 4 is 5.91 Å². The van der Waals surface area contributed by atoms with Crippen molar-refractivity contribution in [3.8, 4) is 0 Å². The molecule has 1 amide bonds. The zero-order chi connectivity index (χ0) is 13.1. The maximum atomic E-state index is 12.5. The quantitative estimate of drug-likeness (QED) is 0.783. The number of hydrogen-bond donors (Lipinski definition) is 1. The lowest BCUT2D eigenvalue weighted by Gasteiger charge is -2.34. The summed E-state index contributed by atoms with van der Waals surface area (Å²) in [5.41, 5.74) is 0. The highest BCUT2D eigenvalue weighted by Gasteiger charge is 2.41. The number of nitrogens with one attached hydrogen (secondary N) is 1. The molecule has 3 heteroatoms. The van der Waals surface area contributed by atoms with Gasteiger partial charge in [-0.05, 0) is 32.1 Å². The minimum Gasteiger partial charge on any atom is -0.323 e. The van der Waals surface area contributed by atoms with E-state index in [4.69, 9.17) is 0 Å². The van der Waals surface area contributed by atoms with Gasteiger partial charge < -0.3 is 4.90 Å². The summed E-state index contributed by atoms with van der Waals surface area (Å²) in [4.78, 5) is 14.7. The van der Waals surface area contributed by atoms with Crippen molar-refractivity contribution in [3.05, 3.63) is 0 Å². The Bertz CT molecular complexity index is 292. The monoisotopic (exact) mass is 252 g/mol. The molecule has 4 atom stereocenters. The fourth-order valence-electron chi connectivity index (χ4n) is 3.65. The molecule has 0 radical (unpaired) electrons. The maximum Gasteiger partial charge on any atom is 0.241 e. The molecule has 2 aliphatic rings. The summed E-state index contributed by atoms with van der Waals surface area (Å²) in [7, 11) is 0. The van der Waals surface area contributed by atoms with Crippen LogP contribution in [0.4, 0.5) is 0 Å². The van der Waals surface area contributed by atoms with E-state index >= 15 is 0 Å². The molecule has 0 aromatic heterocycles. The van der Waals surface area contributed by atoms with Crippen LogP contribution >= 0.6 is 0 Å². The number of hydrogen-bond acceptors (Lipinski definition) is 2. The Hall–Kier alpha value is -0.570. The van der Waals surface area contributed by atoms with Crippen molar-refractivity contribution in [2.24, 2.45) is 5.92 Å². The van der Waals surface area contributed by atoms with Gasteiger partial charge in [-0.3, -0.25) is 10.1 Å². The average molecular weight is 252 g/mol. The third-order valence-corrected chi connectivity index (χ3v) is 4.66. The van der Waals surface area contributed by atoms with Crippen LogP contribution in [0.3, 0.4) is 0 Å². The van der Waals surface area contributed by atoms with E-state index in [1.54, 1.807) is 0 Å². The van der Waals surface area contributed by atoms with Gasteiger partial charge in [-0.1, -0.05) is 39.5 Å². The summed E-state index contributed by atoms with van der Waals surface area (Å²) in [6, 6.07) is 0.532. The lowest BCUT2D eigenvalue weighted by atomic mass is 9.95. The molecule has 2 rings (SSSR count). The Morgan fingerprint density at radius 2 is 1.94 bits per heavy atom. The van der Waals surface area contributed by atoms with Gasteiger partial charge in [0.1, 0.15) is 0 Å². The van der Waals surface area contributed by atoms with Crippen molar-refractivity contribution < 1.29 is 4.79 Å². The maximum absolute atomic E-state index is 12.5. The Morgan fingerprint density at radius 3 is 2.67 bits per heavy atom. The number of carbonyl (C=O) groups excluding carboxylic acids is 1. The van der Waals surface area contributed by atoms with Gasteiger partial charge >= 0.3 is 0 Å². The minimum absolute atomic E-state index is 0.0699. The molecule has 0 spiro atoms. The largest absolute Gasteiger partial charge is 0.323 e. The number of rotatable bonds is 3. The summed E-state index contributed by atoms with van der Waals surface area (Å²) in [6.07, 6.45) is 8.69. The Balaban J connectivity index is 2.08. The van der Waals surface area contributed by atoms with Crippen LogP contribution in [0.5, 0.6) is 0 Å². The van der Waals surface area contributed by atoms with Gasteiger partial charge in [-0.15, -0.1) is 0 Å². The van der Waals surface area contributed by atoms with Crippen LogP contribution < -0.4 is 5.32 Å². The molecule has 0 aromatic rings. The first-order chi connectivity index (χ1) is 8.65. The molecule has 1 saturated heterocycles. The summed E-state index contributed by atoms with van der Waals surface area (Å²) < 4.78 is 0. The van der Waals surface area contributed by atoms with Crippen LogP contribution in [0.25, 0.3) is 0 Å². The second-order valence-corrected chi connectivity index (χ2v) is 6.11. The first-order valence-electron chi connectivity index (χ1n) is 7.73. The fourth-order valence-corrected chi connectivity index (χ4v) is 3.65. The first-order valence-corrected chi connectivity index (χ1v) is 7.73. The normalized spacial score (nSPS) is 37.9. The van der Waals surface area contributed by atoms with Gasteiger partial charge in [-0.25, -0.2) is 0 Å². The fraction of sp³-hybridized carbons (Fsp3) is 0.933. The van der Waals surface area contributed by atoms with Gasteiger partial charge in [-0.2, -0.15) is 0 Å². The van der Waals surface area contributed by atoms with E-state index in [2.05, 4.69) is 31.0 Å². The molecule has 1 N–H and O–H groups in total.